The quantitative estimate of drug-likeness (QED) is 0.534. The zero-order valence-corrected chi connectivity index (χ0v) is 15.5. The molecule has 1 heterocycles. The highest BCUT2D eigenvalue weighted by Gasteiger charge is 2.41. The third-order valence-electron chi connectivity index (χ3n) is 4.69. The van der Waals surface area contributed by atoms with Crippen molar-refractivity contribution in [2.24, 2.45) is 11.8 Å². The summed E-state index contributed by atoms with van der Waals surface area (Å²) in [5, 5.41) is 11.6. The maximum absolute atomic E-state index is 13.3. The summed E-state index contributed by atoms with van der Waals surface area (Å²) in [7, 11) is 0. The lowest BCUT2D eigenvalue weighted by Gasteiger charge is -2.22. The molecule has 9 heteroatoms. The Hall–Kier alpha value is -2.68. The first-order valence-electron chi connectivity index (χ1n) is 9.09. The summed E-state index contributed by atoms with van der Waals surface area (Å²) in [6.45, 7) is 1.22. The Balaban J connectivity index is 1.84. The Kier molecular flexibility index (Phi) is 6.07. The highest BCUT2D eigenvalue weighted by atomic mass is 19.4. The molecule has 1 amide bonds. The average molecular weight is 412 g/mol. The predicted molar refractivity (Wildman–Crippen MR) is 96.5 cm³/mol. The van der Waals surface area contributed by atoms with Gasteiger partial charge in [0.25, 0.3) is 5.91 Å². The number of nitrogens with zero attached hydrogens (tertiary/aromatic N) is 1. The molecule has 2 aromatic rings. The number of hydrogen-bond donors (Lipinski definition) is 2. The molecule has 5 nitrogen and oxygen atoms in total. The maximum Gasteiger partial charge on any atom is 0.395 e. The number of alkyl halides is 3. The van der Waals surface area contributed by atoms with Crippen molar-refractivity contribution >= 4 is 5.91 Å². The Labute approximate surface area is 164 Å². The lowest BCUT2D eigenvalue weighted by atomic mass is 10.0. The normalized spacial score (nSPS) is 16.2. The number of pyridine rings is 1. The maximum atomic E-state index is 13.3. The molecule has 1 aromatic carbocycles. The second kappa shape index (κ2) is 8.36. The van der Waals surface area contributed by atoms with Gasteiger partial charge in [0, 0.05) is 11.8 Å². The van der Waals surface area contributed by atoms with Crippen LogP contribution in [0.2, 0.25) is 0 Å². The number of ether oxygens (including phenoxy) is 1. The molecule has 1 saturated carbocycles. The first-order chi connectivity index (χ1) is 13.6. The Morgan fingerprint density at radius 1 is 1.31 bits per heavy atom. The first-order valence-corrected chi connectivity index (χ1v) is 9.09. The zero-order valence-electron chi connectivity index (χ0n) is 15.5. The van der Waals surface area contributed by atoms with Gasteiger partial charge in [0.2, 0.25) is 5.88 Å². The van der Waals surface area contributed by atoms with E-state index in [9.17, 15) is 27.5 Å². The van der Waals surface area contributed by atoms with E-state index in [0.29, 0.717) is 23.7 Å². The summed E-state index contributed by atoms with van der Waals surface area (Å²) in [5.41, 5.74) is 0.872. The third-order valence-corrected chi connectivity index (χ3v) is 4.69. The number of halogens is 4. The number of carbonyl (C=O) groups excluding carboxylic acids is 1. The summed E-state index contributed by atoms with van der Waals surface area (Å²) in [6.07, 6.45) is -3.49. The van der Waals surface area contributed by atoms with Crippen molar-refractivity contribution < 1.29 is 32.2 Å². The molecule has 0 bridgehead atoms. The van der Waals surface area contributed by atoms with Gasteiger partial charge in [-0.25, -0.2) is 9.37 Å². The van der Waals surface area contributed by atoms with E-state index in [2.05, 4.69) is 4.98 Å². The molecule has 1 aliphatic carbocycles. The third kappa shape index (κ3) is 5.44. The molecule has 2 N–H and O–H groups in total. The van der Waals surface area contributed by atoms with E-state index in [1.165, 1.54) is 30.3 Å². The molecule has 0 aliphatic heterocycles. The van der Waals surface area contributed by atoms with Crippen molar-refractivity contribution in [3.63, 3.8) is 0 Å². The van der Waals surface area contributed by atoms with Gasteiger partial charge >= 0.3 is 6.18 Å². The Bertz CT molecular complexity index is 867. The molecule has 1 aromatic heterocycles. The van der Waals surface area contributed by atoms with Gasteiger partial charge in [-0.3, -0.25) is 4.79 Å². The fraction of sp³-hybridized carbons (Fsp3) is 0.400. The van der Waals surface area contributed by atoms with Crippen LogP contribution in [0.1, 0.15) is 30.1 Å². The van der Waals surface area contributed by atoms with Gasteiger partial charge in [0.15, 0.2) is 0 Å². The largest absolute Gasteiger partial charge is 0.477 e. The second-order valence-electron chi connectivity index (χ2n) is 7.09. The molecule has 1 fully saturated rings. The first kappa shape index (κ1) is 21.0. The van der Waals surface area contributed by atoms with Crippen LogP contribution in [0.25, 0.3) is 11.1 Å². The van der Waals surface area contributed by atoms with Crippen LogP contribution >= 0.6 is 0 Å². The fourth-order valence-electron chi connectivity index (χ4n) is 2.53. The summed E-state index contributed by atoms with van der Waals surface area (Å²) in [6, 6.07) is 6.84. The van der Waals surface area contributed by atoms with Crippen LogP contribution in [0.15, 0.2) is 36.5 Å². The molecular weight excluding hydrogens is 392 g/mol. The number of carbonyl (C=O) groups is 1. The van der Waals surface area contributed by atoms with Crippen molar-refractivity contribution in [2.75, 3.05) is 6.61 Å². The molecule has 2 atom stereocenters. The average Bonchev–Trinajstić information content (AvgIpc) is 3.50. The predicted octanol–water partition coefficient (Wildman–Crippen LogP) is 3.92. The van der Waals surface area contributed by atoms with E-state index < -0.39 is 30.0 Å². The number of benzene rings is 1. The molecule has 0 radical (unpaired) electrons. The summed E-state index contributed by atoms with van der Waals surface area (Å²) in [5.74, 6) is -2.82. The zero-order chi connectivity index (χ0) is 21.2. The number of rotatable bonds is 7. The lowest BCUT2D eigenvalue weighted by Crippen LogP contribution is -2.44. The van der Waals surface area contributed by atoms with Gasteiger partial charge in [0.05, 0.1) is 18.1 Å². The van der Waals surface area contributed by atoms with E-state index in [1.54, 1.807) is 0 Å². The highest BCUT2D eigenvalue weighted by Crippen LogP contribution is 2.33. The topological polar surface area (TPSA) is 71.5 Å². The molecule has 0 saturated heterocycles. The smallest absolute Gasteiger partial charge is 0.395 e. The van der Waals surface area contributed by atoms with Crippen molar-refractivity contribution in [1.82, 2.24) is 10.3 Å². The highest BCUT2D eigenvalue weighted by molar-refractivity contribution is 5.95. The summed E-state index contributed by atoms with van der Waals surface area (Å²) < 4.78 is 57.1. The standard InChI is InChI=1S/C20H20F4N2O3/c1-11(20(22,23)24)17(27)26-18(28)14-8-16(13-4-6-15(21)7-5-13)19(25-9-14)29-10-12-2-3-12/h4-9,11-12,17,27H,2-3,10H2,1H3,(H,26,28)/t11?,17-/m1/s1. The second-order valence-corrected chi connectivity index (χ2v) is 7.09. The van der Waals surface area contributed by atoms with Crippen LogP contribution in [0.3, 0.4) is 0 Å². The van der Waals surface area contributed by atoms with Crippen molar-refractivity contribution in [3.05, 3.63) is 47.9 Å². The Morgan fingerprint density at radius 3 is 2.55 bits per heavy atom. The van der Waals surface area contributed by atoms with Crippen LogP contribution in [0.5, 0.6) is 5.88 Å². The van der Waals surface area contributed by atoms with Crippen LogP contribution in [0, 0.1) is 17.7 Å². The van der Waals surface area contributed by atoms with Crippen LogP contribution < -0.4 is 10.1 Å². The number of hydrogen-bond acceptors (Lipinski definition) is 4. The van der Waals surface area contributed by atoms with E-state index in [-0.39, 0.29) is 11.4 Å². The van der Waals surface area contributed by atoms with E-state index in [1.807, 2.05) is 5.32 Å². The molecular formula is C20H20F4N2O3. The van der Waals surface area contributed by atoms with Gasteiger partial charge in [-0.1, -0.05) is 12.1 Å². The van der Waals surface area contributed by atoms with Gasteiger partial charge in [-0.2, -0.15) is 13.2 Å². The Morgan fingerprint density at radius 2 is 1.97 bits per heavy atom. The van der Waals surface area contributed by atoms with Crippen molar-refractivity contribution in [2.45, 2.75) is 32.2 Å². The molecule has 156 valence electrons. The number of aliphatic hydroxyl groups excluding tert-OH is 1. The number of amides is 1. The SMILES string of the molecule is CC([C@@H](O)NC(=O)c1cnc(OCC2CC2)c(-c2ccc(F)cc2)c1)C(F)(F)F. The van der Waals surface area contributed by atoms with E-state index in [0.717, 1.165) is 26.0 Å². The monoisotopic (exact) mass is 412 g/mol. The minimum Gasteiger partial charge on any atom is -0.477 e. The molecule has 1 aliphatic rings. The summed E-state index contributed by atoms with van der Waals surface area (Å²) >= 11 is 0. The molecule has 1 unspecified atom stereocenters. The van der Waals surface area contributed by atoms with Gasteiger partial charge < -0.3 is 15.2 Å². The summed E-state index contributed by atoms with van der Waals surface area (Å²) in [4.78, 5) is 16.5. The number of aromatic nitrogens is 1. The van der Waals surface area contributed by atoms with Crippen LogP contribution in [0.4, 0.5) is 17.6 Å². The number of aliphatic hydroxyl groups is 1. The lowest BCUT2D eigenvalue weighted by molar-refractivity contribution is -0.196. The molecule has 29 heavy (non-hydrogen) atoms. The fourth-order valence-corrected chi connectivity index (χ4v) is 2.53. The van der Waals surface area contributed by atoms with Gasteiger partial charge in [-0.05, 0) is 49.4 Å². The molecule has 3 rings (SSSR count). The molecule has 0 spiro atoms. The van der Waals surface area contributed by atoms with Crippen LogP contribution in [-0.4, -0.2) is 35.0 Å². The minimum atomic E-state index is -4.66. The van der Waals surface area contributed by atoms with E-state index >= 15 is 0 Å². The minimum absolute atomic E-state index is 0.0588. The van der Waals surface area contributed by atoms with Crippen molar-refractivity contribution in [1.29, 1.82) is 0 Å². The van der Waals surface area contributed by atoms with Crippen LogP contribution in [-0.2, 0) is 0 Å². The van der Waals surface area contributed by atoms with Crippen molar-refractivity contribution in [3.8, 4) is 17.0 Å². The van der Waals surface area contributed by atoms with Gasteiger partial charge in [0.1, 0.15) is 12.0 Å². The van der Waals surface area contributed by atoms with Gasteiger partial charge in [-0.15, -0.1) is 0 Å². The van der Waals surface area contributed by atoms with E-state index in [4.69, 9.17) is 4.74 Å². The number of nitrogens with one attached hydrogen (secondary N) is 1.